The molecule has 2 aliphatic rings. The van der Waals surface area contributed by atoms with E-state index in [2.05, 4.69) is 5.32 Å². The fraction of sp³-hybridized carbons (Fsp3) is 0.917. The summed E-state index contributed by atoms with van der Waals surface area (Å²) < 4.78 is 22.4. The van der Waals surface area contributed by atoms with Crippen molar-refractivity contribution in [1.29, 1.82) is 0 Å². The number of nitrogens with zero attached hydrogens (tertiary/aromatic N) is 1. The average molecular weight is 274 g/mol. The van der Waals surface area contributed by atoms with Gasteiger partial charge in [-0.2, -0.15) is 0 Å². The van der Waals surface area contributed by atoms with E-state index in [-0.39, 0.29) is 17.7 Å². The SMILES string of the molecule is CS(=O)(=O)CC(=O)N1CCCC1C1CCNCC1. The van der Waals surface area contributed by atoms with Crippen LogP contribution in [0.4, 0.5) is 0 Å². The fourth-order valence-electron chi connectivity index (χ4n) is 3.13. The Labute approximate surface area is 109 Å². The van der Waals surface area contributed by atoms with Gasteiger partial charge in [-0.3, -0.25) is 4.79 Å². The molecule has 0 bridgehead atoms. The zero-order chi connectivity index (χ0) is 13.2. The van der Waals surface area contributed by atoms with Crippen molar-refractivity contribution in [3.8, 4) is 0 Å². The van der Waals surface area contributed by atoms with E-state index in [1.165, 1.54) is 0 Å². The normalized spacial score (nSPS) is 26.5. The molecule has 1 unspecified atom stereocenters. The number of likely N-dealkylation sites (tertiary alicyclic amines) is 1. The van der Waals surface area contributed by atoms with Crippen molar-refractivity contribution in [2.45, 2.75) is 31.7 Å². The first-order valence-corrected chi connectivity index (χ1v) is 8.71. The molecule has 1 atom stereocenters. The monoisotopic (exact) mass is 274 g/mol. The second kappa shape index (κ2) is 5.57. The van der Waals surface area contributed by atoms with Gasteiger partial charge in [-0.15, -0.1) is 0 Å². The van der Waals surface area contributed by atoms with Crippen LogP contribution in [0.3, 0.4) is 0 Å². The van der Waals surface area contributed by atoms with Gasteiger partial charge < -0.3 is 10.2 Å². The van der Waals surface area contributed by atoms with Crippen LogP contribution in [-0.2, 0) is 14.6 Å². The number of hydrogen-bond donors (Lipinski definition) is 1. The van der Waals surface area contributed by atoms with Crippen molar-refractivity contribution in [2.24, 2.45) is 5.92 Å². The van der Waals surface area contributed by atoms with E-state index in [1.807, 2.05) is 4.90 Å². The van der Waals surface area contributed by atoms with Gasteiger partial charge in [-0.25, -0.2) is 8.42 Å². The highest BCUT2D eigenvalue weighted by Gasteiger charge is 2.35. The van der Waals surface area contributed by atoms with E-state index >= 15 is 0 Å². The number of piperidine rings is 1. The molecule has 1 N–H and O–H groups in total. The van der Waals surface area contributed by atoms with Gasteiger partial charge in [0.1, 0.15) is 5.75 Å². The second-order valence-electron chi connectivity index (χ2n) is 5.45. The van der Waals surface area contributed by atoms with E-state index in [0.29, 0.717) is 5.92 Å². The van der Waals surface area contributed by atoms with Crippen molar-refractivity contribution in [3.63, 3.8) is 0 Å². The van der Waals surface area contributed by atoms with Crippen LogP contribution >= 0.6 is 0 Å². The molecule has 1 amide bonds. The van der Waals surface area contributed by atoms with Crippen molar-refractivity contribution >= 4 is 15.7 Å². The van der Waals surface area contributed by atoms with E-state index in [0.717, 1.165) is 51.6 Å². The Morgan fingerprint density at radius 1 is 1.28 bits per heavy atom. The summed E-state index contributed by atoms with van der Waals surface area (Å²) in [6.45, 7) is 2.74. The lowest BCUT2D eigenvalue weighted by Crippen LogP contribution is -2.45. The maximum Gasteiger partial charge on any atom is 0.238 e. The number of hydrogen-bond acceptors (Lipinski definition) is 4. The summed E-state index contributed by atoms with van der Waals surface area (Å²) in [4.78, 5) is 13.9. The van der Waals surface area contributed by atoms with Crippen LogP contribution in [0.2, 0.25) is 0 Å². The van der Waals surface area contributed by atoms with E-state index < -0.39 is 9.84 Å². The summed E-state index contributed by atoms with van der Waals surface area (Å²) in [5.41, 5.74) is 0. The van der Waals surface area contributed by atoms with E-state index in [1.54, 1.807) is 0 Å². The second-order valence-corrected chi connectivity index (χ2v) is 7.59. The predicted octanol–water partition coefficient (Wildman–Crippen LogP) is 0.0216. The zero-order valence-corrected chi connectivity index (χ0v) is 11.7. The van der Waals surface area contributed by atoms with Crippen LogP contribution in [0.5, 0.6) is 0 Å². The number of rotatable bonds is 3. The number of carbonyl (C=O) groups is 1. The third kappa shape index (κ3) is 3.45. The number of nitrogens with one attached hydrogen (secondary N) is 1. The number of sulfone groups is 1. The molecular weight excluding hydrogens is 252 g/mol. The lowest BCUT2D eigenvalue weighted by Gasteiger charge is -2.34. The van der Waals surface area contributed by atoms with Crippen LogP contribution in [0.15, 0.2) is 0 Å². The molecule has 2 fully saturated rings. The van der Waals surface area contributed by atoms with Gasteiger partial charge in [0.2, 0.25) is 5.91 Å². The quantitative estimate of drug-likeness (QED) is 0.788. The highest BCUT2D eigenvalue weighted by atomic mass is 32.2. The molecule has 2 rings (SSSR count). The van der Waals surface area contributed by atoms with Gasteiger partial charge >= 0.3 is 0 Å². The largest absolute Gasteiger partial charge is 0.339 e. The zero-order valence-electron chi connectivity index (χ0n) is 10.9. The molecule has 6 heteroatoms. The van der Waals surface area contributed by atoms with Gasteiger partial charge in [-0.05, 0) is 44.7 Å². The third-order valence-corrected chi connectivity index (χ3v) is 4.70. The van der Waals surface area contributed by atoms with Crippen LogP contribution in [-0.4, -0.2) is 56.9 Å². The van der Waals surface area contributed by atoms with Crippen molar-refractivity contribution in [3.05, 3.63) is 0 Å². The average Bonchev–Trinajstić information content (AvgIpc) is 2.76. The van der Waals surface area contributed by atoms with Gasteiger partial charge in [0.25, 0.3) is 0 Å². The minimum Gasteiger partial charge on any atom is -0.339 e. The molecule has 2 aliphatic heterocycles. The predicted molar refractivity (Wildman–Crippen MR) is 70.0 cm³/mol. The van der Waals surface area contributed by atoms with Gasteiger partial charge in [-0.1, -0.05) is 0 Å². The molecule has 18 heavy (non-hydrogen) atoms. The number of amides is 1. The molecule has 0 aliphatic carbocycles. The van der Waals surface area contributed by atoms with E-state index in [9.17, 15) is 13.2 Å². The molecular formula is C12H22N2O3S. The number of carbonyl (C=O) groups excluding carboxylic acids is 1. The fourth-order valence-corrected chi connectivity index (χ4v) is 3.74. The lowest BCUT2D eigenvalue weighted by molar-refractivity contribution is -0.130. The minimum atomic E-state index is -3.22. The Kier molecular flexibility index (Phi) is 4.27. The highest BCUT2D eigenvalue weighted by Crippen LogP contribution is 2.29. The molecule has 0 aromatic heterocycles. The Morgan fingerprint density at radius 3 is 2.56 bits per heavy atom. The van der Waals surface area contributed by atoms with Crippen LogP contribution in [0.25, 0.3) is 0 Å². The first-order valence-electron chi connectivity index (χ1n) is 6.65. The smallest absolute Gasteiger partial charge is 0.238 e. The molecule has 0 aromatic carbocycles. The summed E-state index contributed by atoms with van der Waals surface area (Å²) in [5, 5.41) is 3.32. The summed E-state index contributed by atoms with van der Waals surface area (Å²) in [6, 6.07) is 0.265. The molecule has 2 saturated heterocycles. The van der Waals surface area contributed by atoms with Gasteiger partial charge in [0, 0.05) is 18.8 Å². The Balaban J connectivity index is 2.00. The maximum atomic E-state index is 12.0. The van der Waals surface area contributed by atoms with Crippen molar-refractivity contribution in [1.82, 2.24) is 10.2 Å². The Morgan fingerprint density at radius 2 is 1.94 bits per heavy atom. The molecule has 0 spiro atoms. The Bertz CT molecular complexity index is 402. The van der Waals surface area contributed by atoms with Crippen LogP contribution < -0.4 is 5.32 Å². The van der Waals surface area contributed by atoms with Crippen molar-refractivity contribution < 1.29 is 13.2 Å². The van der Waals surface area contributed by atoms with Crippen LogP contribution in [0.1, 0.15) is 25.7 Å². The molecule has 5 nitrogen and oxygen atoms in total. The molecule has 0 radical (unpaired) electrons. The molecule has 2 heterocycles. The maximum absolute atomic E-state index is 12.0. The minimum absolute atomic E-state index is 0.210. The standard InChI is InChI=1S/C12H22N2O3S/c1-18(16,17)9-12(15)14-8-2-3-11(14)10-4-6-13-7-5-10/h10-11,13H,2-9H2,1H3. The Hall–Kier alpha value is -0.620. The molecule has 0 aromatic rings. The molecule has 104 valence electrons. The summed E-state index contributed by atoms with van der Waals surface area (Å²) in [5.74, 6) is -0.00938. The summed E-state index contributed by atoms with van der Waals surface area (Å²) >= 11 is 0. The summed E-state index contributed by atoms with van der Waals surface area (Å²) in [6.07, 6.45) is 5.34. The molecule has 0 saturated carbocycles. The summed E-state index contributed by atoms with van der Waals surface area (Å²) in [7, 11) is -3.22. The first kappa shape index (κ1) is 13.8. The van der Waals surface area contributed by atoms with Crippen LogP contribution in [0, 0.1) is 5.92 Å². The topological polar surface area (TPSA) is 66.5 Å². The van der Waals surface area contributed by atoms with Gasteiger partial charge in [0.05, 0.1) is 0 Å². The van der Waals surface area contributed by atoms with Gasteiger partial charge in [0.15, 0.2) is 9.84 Å². The van der Waals surface area contributed by atoms with Crippen molar-refractivity contribution in [2.75, 3.05) is 31.6 Å². The highest BCUT2D eigenvalue weighted by molar-refractivity contribution is 7.91. The lowest BCUT2D eigenvalue weighted by atomic mass is 9.89. The first-order chi connectivity index (χ1) is 8.47. The third-order valence-electron chi connectivity index (χ3n) is 3.93. The van der Waals surface area contributed by atoms with E-state index in [4.69, 9.17) is 0 Å².